The van der Waals surface area contributed by atoms with Crippen molar-refractivity contribution in [1.29, 1.82) is 0 Å². The van der Waals surface area contributed by atoms with E-state index in [1.165, 1.54) is 0 Å². The second kappa shape index (κ2) is 7.37. The quantitative estimate of drug-likeness (QED) is 0.785. The Kier molecular flexibility index (Phi) is 5.05. The molecule has 4 rings (SSSR count). The van der Waals surface area contributed by atoms with Crippen molar-refractivity contribution in [3.63, 3.8) is 0 Å². The topological polar surface area (TPSA) is 77.1 Å². The molecule has 3 aliphatic rings. The number of benzene rings is 1. The lowest BCUT2D eigenvalue weighted by Crippen LogP contribution is -2.51. The summed E-state index contributed by atoms with van der Waals surface area (Å²) in [5.74, 6) is -0.0552. The Bertz CT molecular complexity index is 726. The lowest BCUT2D eigenvalue weighted by molar-refractivity contribution is -0.188. The van der Waals surface area contributed by atoms with Crippen LogP contribution in [0.1, 0.15) is 39.5 Å². The number of hydrogen-bond donors (Lipinski definition) is 1. The van der Waals surface area contributed by atoms with E-state index in [2.05, 4.69) is 5.32 Å². The van der Waals surface area contributed by atoms with Gasteiger partial charge in [0.15, 0.2) is 5.79 Å². The molecule has 2 aliphatic heterocycles. The molecular weight excluding hydrogens is 360 g/mol. The van der Waals surface area contributed by atoms with Crippen molar-refractivity contribution < 1.29 is 23.8 Å². The zero-order valence-corrected chi connectivity index (χ0v) is 16.5. The Balaban J connectivity index is 1.35. The fraction of sp³-hybridized carbons (Fsp3) is 0.619. The van der Waals surface area contributed by atoms with Gasteiger partial charge in [0.05, 0.1) is 19.3 Å². The van der Waals surface area contributed by atoms with Gasteiger partial charge in [-0.15, -0.1) is 0 Å². The van der Waals surface area contributed by atoms with E-state index in [1.807, 2.05) is 26.0 Å². The maximum atomic E-state index is 13.1. The van der Waals surface area contributed by atoms with E-state index < -0.39 is 11.2 Å². The van der Waals surface area contributed by atoms with Crippen LogP contribution in [0.2, 0.25) is 0 Å². The Morgan fingerprint density at radius 1 is 1.04 bits per heavy atom. The van der Waals surface area contributed by atoms with Gasteiger partial charge in [-0.2, -0.15) is 0 Å². The summed E-state index contributed by atoms with van der Waals surface area (Å²) in [6, 6.07) is 7.25. The van der Waals surface area contributed by atoms with E-state index >= 15 is 0 Å². The molecule has 7 heteroatoms. The molecule has 28 heavy (non-hydrogen) atoms. The van der Waals surface area contributed by atoms with Crippen LogP contribution in [-0.2, 0) is 19.1 Å². The second-order valence-electron chi connectivity index (χ2n) is 8.13. The van der Waals surface area contributed by atoms with Crippen LogP contribution in [0, 0.1) is 5.41 Å². The summed E-state index contributed by atoms with van der Waals surface area (Å²) in [7, 11) is 0. The maximum absolute atomic E-state index is 13.1. The number of carbonyl (C=O) groups is 2. The highest BCUT2D eigenvalue weighted by atomic mass is 16.7. The lowest BCUT2D eigenvalue weighted by Gasteiger charge is -2.38. The summed E-state index contributed by atoms with van der Waals surface area (Å²) in [6.07, 6.45) is 2.61. The molecule has 152 valence electrons. The van der Waals surface area contributed by atoms with Crippen LogP contribution >= 0.6 is 0 Å². The van der Waals surface area contributed by atoms with Crippen molar-refractivity contribution in [2.75, 3.05) is 31.6 Å². The van der Waals surface area contributed by atoms with Crippen LogP contribution in [0.25, 0.3) is 0 Å². The van der Waals surface area contributed by atoms with Crippen molar-refractivity contribution in [2.45, 2.75) is 51.4 Å². The molecule has 0 unspecified atom stereocenters. The van der Waals surface area contributed by atoms with Crippen molar-refractivity contribution in [3.05, 3.63) is 24.3 Å². The molecule has 2 saturated heterocycles. The molecule has 2 heterocycles. The molecule has 7 nitrogen and oxygen atoms in total. The van der Waals surface area contributed by atoms with Gasteiger partial charge < -0.3 is 24.4 Å². The zero-order chi connectivity index (χ0) is 19.8. The van der Waals surface area contributed by atoms with Crippen LogP contribution in [0.3, 0.4) is 0 Å². The Hall–Kier alpha value is -2.12. The number of carbonyl (C=O) groups excluding carboxylic acids is 2. The number of rotatable bonds is 5. The summed E-state index contributed by atoms with van der Waals surface area (Å²) in [5.41, 5.74) is -0.250. The second-order valence-corrected chi connectivity index (χ2v) is 8.13. The van der Waals surface area contributed by atoms with Crippen LogP contribution in [0.4, 0.5) is 5.69 Å². The molecule has 1 aromatic rings. The average molecular weight is 388 g/mol. The van der Waals surface area contributed by atoms with Gasteiger partial charge in [0.1, 0.15) is 11.2 Å². The molecule has 0 atom stereocenters. The van der Waals surface area contributed by atoms with Gasteiger partial charge in [0.2, 0.25) is 11.8 Å². The smallest absolute Gasteiger partial charge is 0.240 e. The number of ether oxygens (including phenoxy) is 3. The molecule has 1 N–H and O–H groups in total. The number of amides is 2. The highest BCUT2D eigenvalue weighted by Gasteiger charge is 2.58. The van der Waals surface area contributed by atoms with Gasteiger partial charge in [-0.1, -0.05) is 0 Å². The maximum Gasteiger partial charge on any atom is 0.240 e. The van der Waals surface area contributed by atoms with Gasteiger partial charge in [-0.05, 0) is 51.0 Å². The summed E-state index contributed by atoms with van der Waals surface area (Å²) in [6.45, 7) is 6.28. The third-order valence-corrected chi connectivity index (χ3v) is 5.70. The monoisotopic (exact) mass is 388 g/mol. The normalized spacial score (nSPS) is 22.3. The van der Waals surface area contributed by atoms with E-state index in [-0.39, 0.29) is 17.9 Å². The standard InChI is InChI=1S/C21H28N2O5/c1-15(2)28-17-5-3-16(4-6-17)22-18(24)20(7-8-20)19(25)23-11-9-21(10-12-23)26-13-14-27-21/h3-6,15H,7-14H2,1-2H3,(H,22,24). The number of hydrogen-bond acceptors (Lipinski definition) is 5. The molecule has 0 aromatic heterocycles. The number of nitrogens with zero attached hydrogens (tertiary/aromatic N) is 1. The Morgan fingerprint density at radius 2 is 1.64 bits per heavy atom. The molecule has 2 amide bonds. The first kappa shape index (κ1) is 19.2. The summed E-state index contributed by atoms with van der Waals surface area (Å²) in [4.78, 5) is 27.7. The summed E-state index contributed by atoms with van der Waals surface area (Å²) >= 11 is 0. The first-order valence-electron chi connectivity index (χ1n) is 10.1. The van der Waals surface area contributed by atoms with Crippen molar-refractivity contribution in [3.8, 4) is 5.75 Å². The van der Waals surface area contributed by atoms with E-state index in [9.17, 15) is 9.59 Å². The molecule has 1 spiro atoms. The molecule has 3 fully saturated rings. The molecule has 1 saturated carbocycles. The average Bonchev–Trinajstić information content (AvgIpc) is 3.38. The molecule has 1 aliphatic carbocycles. The number of anilines is 1. The van der Waals surface area contributed by atoms with Crippen LogP contribution in [-0.4, -0.2) is 54.9 Å². The molecular formula is C21H28N2O5. The van der Waals surface area contributed by atoms with Crippen molar-refractivity contribution >= 4 is 17.5 Å². The minimum atomic E-state index is -0.922. The first-order valence-corrected chi connectivity index (χ1v) is 10.1. The van der Waals surface area contributed by atoms with Gasteiger partial charge in [-0.3, -0.25) is 9.59 Å². The molecule has 0 radical (unpaired) electrons. The first-order chi connectivity index (χ1) is 13.4. The fourth-order valence-electron chi connectivity index (χ4n) is 3.94. The van der Waals surface area contributed by atoms with Crippen LogP contribution < -0.4 is 10.1 Å². The van der Waals surface area contributed by atoms with E-state index in [4.69, 9.17) is 14.2 Å². The summed E-state index contributed by atoms with van der Waals surface area (Å²) in [5, 5.41) is 2.90. The number of piperidine rings is 1. The highest BCUT2D eigenvalue weighted by Crippen LogP contribution is 2.49. The van der Waals surface area contributed by atoms with Gasteiger partial charge in [0.25, 0.3) is 0 Å². The third kappa shape index (κ3) is 3.73. The van der Waals surface area contributed by atoms with Gasteiger partial charge in [0, 0.05) is 31.6 Å². The molecule has 1 aromatic carbocycles. The SMILES string of the molecule is CC(C)Oc1ccc(NC(=O)C2(C(=O)N3CCC4(CC3)OCCO4)CC2)cc1. The highest BCUT2D eigenvalue weighted by molar-refractivity contribution is 6.13. The van der Waals surface area contributed by atoms with E-state index in [0.717, 1.165) is 5.75 Å². The number of likely N-dealkylation sites (tertiary alicyclic amines) is 1. The number of nitrogens with one attached hydrogen (secondary N) is 1. The summed E-state index contributed by atoms with van der Waals surface area (Å²) < 4.78 is 17.1. The van der Waals surface area contributed by atoms with Crippen LogP contribution in [0.5, 0.6) is 5.75 Å². The van der Waals surface area contributed by atoms with Gasteiger partial charge in [-0.25, -0.2) is 0 Å². The molecule has 0 bridgehead atoms. The van der Waals surface area contributed by atoms with Gasteiger partial charge >= 0.3 is 0 Å². The predicted octanol–water partition coefficient (Wildman–Crippen LogP) is 2.56. The predicted molar refractivity (Wildman–Crippen MR) is 103 cm³/mol. The van der Waals surface area contributed by atoms with E-state index in [1.54, 1.807) is 17.0 Å². The minimum absolute atomic E-state index is 0.0717. The van der Waals surface area contributed by atoms with Crippen LogP contribution in [0.15, 0.2) is 24.3 Å². The Morgan fingerprint density at radius 3 is 2.18 bits per heavy atom. The van der Waals surface area contributed by atoms with Crippen molar-refractivity contribution in [1.82, 2.24) is 4.90 Å². The lowest BCUT2D eigenvalue weighted by atomic mass is 9.98. The third-order valence-electron chi connectivity index (χ3n) is 5.70. The Labute approximate surface area is 165 Å². The minimum Gasteiger partial charge on any atom is -0.491 e. The van der Waals surface area contributed by atoms with Crippen molar-refractivity contribution in [2.24, 2.45) is 5.41 Å². The fourth-order valence-corrected chi connectivity index (χ4v) is 3.94. The largest absolute Gasteiger partial charge is 0.491 e. The van der Waals surface area contributed by atoms with E-state index in [0.29, 0.717) is 57.7 Å². The zero-order valence-electron chi connectivity index (χ0n) is 16.5.